The zero-order valence-corrected chi connectivity index (χ0v) is 34.9. The zero-order valence-electron chi connectivity index (χ0n) is 34.9. The lowest BCUT2D eigenvalue weighted by Gasteiger charge is -2.27. The van der Waals surface area contributed by atoms with Crippen LogP contribution in [0.15, 0.2) is 84.9 Å². The van der Waals surface area contributed by atoms with Crippen molar-refractivity contribution in [2.75, 3.05) is 0 Å². The molecule has 6 aromatic carbocycles. The summed E-state index contributed by atoms with van der Waals surface area (Å²) in [5, 5.41) is 0. The smallest absolute Gasteiger partial charge is 0.0348 e. The molecule has 0 fully saturated rings. The van der Waals surface area contributed by atoms with Crippen LogP contribution in [0.5, 0.6) is 0 Å². The third kappa shape index (κ3) is 7.57. The Labute approximate surface area is 321 Å². The number of rotatable bonds is 8. The number of aryl methyl sites for hydroxylation is 14. The van der Waals surface area contributed by atoms with Crippen molar-refractivity contribution in [3.8, 4) is 0 Å². The molecule has 0 unspecified atom stereocenters. The maximum Gasteiger partial charge on any atom is 0.0348 e. The summed E-state index contributed by atoms with van der Waals surface area (Å²) in [6.07, 6.45) is 0.885. The van der Waals surface area contributed by atoms with E-state index in [0.29, 0.717) is 0 Å². The average molecular weight is 697 g/mol. The standard InChI is InChI=1S/C53H60/c1-30-15-17-44(28-50(30)52(46-23-36(7)32(3)19-40(46)11)47-24-37(8)33(4)20-41(47)12)27-45-18-16-31(2)51(29-45)53(48-25-38(9)34(5)21-42(48)13)49-26-39(10)35(6)22-43(49)14/h15-26,28-29,52-53H,27H2,1-14H3. The Balaban J connectivity index is 1.50. The molecule has 0 amide bonds. The van der Waals surface area contributed by atoms with Crippen molar-refractivity contribution < 1.29 is 0 Å². The number of hydrogen-bond acceptors (Lipinski definition) is 0. The predicted molar refractivity (Wildman–Crippen MR) is 230 cm³/mol. The Bertz CT molecular complexity index is 2080. The predicted octanol–water partition coefficient (Wildman–Crippen LogP) is 14.0. The first kappa shape index (κ1) is 38.1. The van der Waals surface area contributed by atoms with Crippen molar-refractivity contribution in [1.29, 1.82) is 0 Å². The zero-order chi connectivity index (χ0) is 38.5. The molecule has 0 saturated heterocycles. The Morgan fingerprint density at radius 3 is 0.736 bits per heavy atom. The van der Waals surface area contributed by atoms with E-state index < -0.39 is 0 Å². The van der Waals surface area contributed by atoms with Crippen LogP contribution in [0.3, 0.4) is 0 Å². The van der Waals surface area contributed by atoms with Gasteiger partial charge in [-0.15, -0.1) is 0 Å². The van der Waals surface area contributed by atoms with Crippen LogP contribution in [0.2, 0.25) is 0 Å². The van der Waals surface area contributed by atoms with E-state index in [4.69, 9.17) is 0 Å². The summed E-state index contributed by atoms with van der Waals surface area (Å²) in [5.74, 6) is 0.319. The molecule has 0 atom stereocenters. The van der Waals surface area contributed by atoms with Crippen LogP contribution in [0, 0.1) is 96.9 Å². The summed E-state index contributed by atoms with van der Waals surface area (Å²) in [6, 6.07) is 33.8. The molecule has 0 N–H and O–H groups in total. The van der Waals surface area contributed by atoms with Crippen molar-refractivity contribution in [3.63, 3.8) is 0 Å². The minimum absolute atomic E-state index is 0.159. The minimum Gasteiger partial charge on any atom is -0.0587 e. The lowest BCUT2D eigenvalue weighted by molar-refractivity contribution is 0.917. The molecule has 0 bridgehead atoms. The highest BCUT2D eigenvalue weighted by Gasteiger charge is 2.26. The quantitative estimate of drug-likeness (QED) is 0.139. The lowest BCUT2D eigenvalue weighted by Crippen LogP contribution is -2.12. The molecule has 0 spiro atoms. The highest BCUT2D eigenvalue weighted by Crippen LogP contribution is 2.42. The van der Waals surface area contributed by atoms with Gasteiger partial charge in [0.25, 0.3) is 0 Å². The van der Waals surface area contributed by atoms with E-state index in [-0.39, 0.29) is 11.8 Å². The van der Waals surface area contributed by atoms with Crippen molar-refractivity contribution in [2.24, 2.45) is 0 Å². The third-order valence-corrected chi connectivity index (χ3v) is 12.5. The summed E-state index contributed by atoms with van der Waals surface area (Å²) >= 11 is 0. The van der Waals surface area contributed by atoms with Gasteiger partial charge in [0.2, 0.25) is 0 Å². The molecule has 0 aliphatic carbocycles. The largest absolute Gasteiger partial charge is 0.0587 e. The van der Waals surface area contributed by atoms with E-state index in [9.17, 15) is 0 Å². The van der Waals surface area contributed by atoms with Gasteiger partial charge in [-0.2, -0.15) is 0 Å². The summed E-state index contributed by atoms with van der Waals surface area (Å²) < 4.78 is 0. The molecule has 6 aromatic rings. The van der Waals surface area contributed by atoms with Crippen LogP contribution >= 0.6 is 0 Å². The van der Waals surface area contributed by atoms with Crippen molar-refractivity contribution >= 4 is 0 Å². The molecule has 0 aliphatic rings. The molecule has 0 heteroatoms. The monoisotopic (exact) mass is 696 g/mol. The molecular weight excluding hydrogens is 637 g/mol. The fourth-order valence-corrected chi connectivity index (χ4v) is 8.64. The first-order valence-corrected chi connectivity index (χ1v) is 19.5. The Kier molecular flexibility index (Phi) is 10.8. The molecule has 0 saturated carbocycles. The molecule has 0 nitrogen and oxygen atoms in total. The fraction of sp³-hybridized carbons (Fsp3) is 0.321. The average Bonchev–Trinajstić information content (AvgIpc) is 3.09. The van der Waals surface area contributed by atoms with Gasteiger partial charge in [0.15, 0.2) is 0 Å². The second kappa shape index (κ2) is 15.0. The molecule has 6 rings (SSSR count). The summed E-state index contributed by atoms with van der Waals surface area (Å²) in [5.41, 5.74) is 30.1. The Morgan fingerprint density at radius 2 is 0.472 bits per heavy atom. The second-order valence-electron chi connectivity index (χ2n) is 16.6. The molecule has 0 heterocycles. The van der Waals surface area contributed by atoms with E-state index in [2.05, 4.69) is 182 Å². The molecule has 0 aromatic heterocycles. The van der Waals surface area contributed by atoms with Crippen LogP contribution in [0.25, 0.3) is 0 Å². The van der Waals surface area contributed by atoms with Gasteiger partial charge in [-0.1, -0.05) is 84.9 Å². The normalized spacial score (nSPS) is 11.6. The van der Waals surface area contributed by atoms with Crippen molar-refractivity contribution in [2.45, 2.75) is 115 Å². The van der Waals surface area contributed by atoms with E-state index in [1.165, 1.54) is 122 Å². The van der Waals surface area contributed by atoms with E-state index >= 15 is 0 Å². The van der Waals surface area contributed by atoms with Gasteiger partial charge in [0.05, 0.1) is 0 Å². The van der Waals surface area contributed by atoms with Gasteiger partial charge in [-0.25, -0.2) is 0 Å². The van der Waals surface area contributed by atoms with Gasteiger partial charge in [0.1, 0.15) is 0 Å². The maximum absolute atomic E-state index is 2.52. The first-order chi connectivity index (χ1) is 25.0. The van der Waals surface area contributed by atoms with Gasteiger partial charge in [-0.05, 0) is 226 Å². The highest BCUT2D eigenvalue weighted by molar-refractivity contribution is 5.57. The van der Waals surface area contributed by atoms with Crippen LogP contribution in [-0.4, -0.2) is 0 Å². The van der Waals surface area contributed by atoms with E-state index in [1.54, 1.807) is 0 Å². The van der Waals surface area contributed by atoms with Crippen LogP contribution in [0.4, 0.5) is 0 Å². The summed E-state index contributed by atoms with van der Waals surface area (Å²) in [7, 11) is 0. The Hall–Kier alpha value is -4.68. The van der Waals surface area contributed by atoms with Crippen molar-refractivity contribution in [1.82, 2.24) is 0 Å². The molecule has 0 radical (unpaired) electrons. The second-order valence-corrected chi connectivity index (χ2v) is 16.6. The van der Waals surface area contributed by atoms with Crippen LogP contribution < -0.4 is 0 Å². The van der Waals surface area contributed by atoms with Crippen LogP contribution in [-0.2, 0) is 6.42 Å². The molecule has 272 valence electrons. The van der Waals surface area contributed by atoms with Gasteiger partial charge < -0.3 is 0 Å². The van der Waals surface area contributed by atoms with Crippen LogP contribution in [0.1, 0.15) is 134 Å². The van der Waals surface area contributed by atoms with Crippen molar-refractivity contribution in [3.05, 3.63) is 207 Å². The topological polar surface area (TPSA) is 0 Å². The molecule has 0 aliphatic heterocycles. The maximum atomic E-state index is 2.52. The highest BCUT2D eigenvalue weighted by atomic mass is 14.3. The van der Waals surface area contributed by atoms with E-state index in [1.807, 2.05) is 0 Å². The fourth-order valence-electron chi connectivity index (χ4n) is 8.64. The van der Waals surface area contributed by atoms with Gasteiger partial charge in [-0.3, -0.25) is 0 Å². The lowest BCUT2D eigenvalue weighted by atomic mass is 9.76. The SMILES string of the molecule is Cc1cc(C)c(C(c2cc(Cc3ccc(C)c(C(c4cc(C)c(C)cc4C)c4cc(C)c(C)cc4C)c3)ccc2C)c2cc(C)c(C)cc2C)cc1C. The number of benzene rings is 6. The molecule has 53 heavy (non-hydrogen) atoms. The summed E-state index contributed by atoms with van der Waals surface area (Å²) in [6.45, 7) is 31.7. The Morgan fingerprint density at radius 1 is 0.245 bits per heavy atom. The third-order valence-electron chi connectivity index (χ3n) is 12.5. The first-order valence-electron chi connectivity index (χ1n) is 19.5. The summed E-state index contributed by atoms with van der Waals surface area (Å²) in [4.78, 5) is 0. The minimum atomic E-state index is 0.159. The molecular formula is C53H60. The number of hydrogen-bond donors (Lipinski definition) is 0. The van der Waals surface area contributed by atoms with E-state index in [0.717, 1.165) is 6.42 Å². The van der Waals surface area contributed by atoms with Gasteiger partial charge in [0, 0.05) is 11.8 Å². The van der Waals surface area contributed by atoms with Gasteiger partial charge >= 0.3 is 0 Å².